The van der Waals surface area contributed by atoms with Gasteiger partial charge in [0.1, 0.15) is 5.69 Å². The van der Waals surface area contributed by atoms with Gasteiger partial charge in [-0.2, -0.15) is 11.3 Å². The molecular weight excluding hydrogens is 236 g/mol. The van der Waals surface area contributed by atoms with Crippen molar-refractivity contribution in [3.05, 3.63) is 28.4 Å². The highest BCUT2D eigenvalue weighted by Gasteiger charge is 2.13. The molecule has 1 N–H and O–H groups in total. The monoisotopic (exact) mass is 252 g/mol. The van der Waals surface area contributed by atoms with Gasteiger partial charge < -0.3 is 14.5 Å². The zero-order valence-electron chi connectivity index (χ0n) is 10.0. The number of oxazole rings is 1. The maximum Gasteiger partial charge on any atom is 0.181 e. The Bertz CT molecular complexity index is 465. The first-order chi connectivity index (χ1) is 8.33. The average molecular weight is 252 g/mol. The van der Waals surface area contributed by atoms with Crippen molar-refractivity contribution >= 4 is 11.3 Å². The van der Waals surface area contributed by atoms with Gasteiger partial charge in [-0.15, -0.1) is 0 Å². The van der Waals surface area contributed by atoms with Crippen molar-refractivity contribution in [2.75, 3.05) is 20.3 Å². The maximum absolute atomic E-state index is 5.47. The van der Waals surface area contributed by atoms with Gasteiger partial charge in [-0.1, -0.05) is 0 Å². The van der Waals surface area contributed by atoms with Crippen molar-refractivity contribution in [3.8, 4) is 11.3 Å². The van der Waals surface area contributed by atoms with Gasteiger partial charge in [-0.05, 0) is 17.9 Å². The van der Waals surface area contributed by atoms with Crippen LogP contribution in [0.3, 0.4) is 0 Å². The summed E-state index contributed by atoms with van der Waals surface area (Å²) >= 11 is 1.68. The second-order valence-corrected chi connectivity index (χ2v) is 4.51. The second kappa shape index (κ2) is 5.95. The van der Waals surface area contributed by atoms with Gasteiger partial charge in [0, 0.05) is 31.1 Å². The van der Waals surface area contributed by atoms with Gasteiger partial charge in [0.25, 0.3) is 0 Å². The van der Waals surface area contributed by atoms with E-state index < -0.39 is 0 Å². The molecule has 0 amide bonds. The summed E-state index contributed by atoms with van der Waals surface area (Å²) in [6, 6.07) is 0. The fourth-order valence-corrected chi connectivity index (χ4v) is 2.42. The van der Waals surface area contributed by atoms with Gasteiger partial charge in [0.05, 0.1) is 6.61 Å². The number of hydrogen-bond acceptors (Lipinski definition) is 5. The summed E-state index contributed by atoms with van der Waals surface area (Å²) in [6.45, 7) is 4.29. The van der Waals surface area contributed by atoms with Gasteiger partial charge in [-0.25, -0.2) is 4.98 Å². The van der Waals surface area contributed by atoms with Crippen LogP contribution in [-0.4, -0.2) is 25.2 Å². The molecule has 5 heteroatoms. The van der Waals surface area contributed by atoms with Crippen LogP contribution in [0.1, 0.15) is 11.3 Å². The molecule has 2 aromatic heterocycles. The Kier molecular flexibility index (Phi) is 4.30. The summed E-state index contributed by atoms with van der Waals surface area (Å²) in [5.74, 6) is 0.869. The van der Waals surface area contributed by atoms with Crippen LogP contribution in [0.5, 0.6) is 0 Å². The SMILES string of the molecule is COCCNCc1ncoc1-c1cscc1C. The highest BCUT2D eigenvalue weighted by atomic mass is 32.1. The first-order valence-corrected chi connectivity index (χ1v) is 6.42. The van der Waals surface area contributed by atoms with E-state index in [1.807, 2.05) is 0 Å². The van der Waals surface area contributed by atoms with Crippen LogP contribution in [0.4, 0.5) is 0 Å². The van der Waals surface area contributed by atoms with E-state index >= 15 is 0 Å². The van der Waals surface area contributed by atoms with Crippen molar-refractivity contribution in [2.24, 2.45) is 0 Å². The van der Waals surface area contributed by atoms with Crippen LogP contribution >= 0.6 is 11.3 Å². The van der Waals surface area contributed by atoms with Crippen LogP contribution in [-0.2, 0) is 11.3 Å². The minimum Gasteiger partial charge on any atom is -0.443 e. The third-order valence-corrected chi connectivity index (χ3v) is 3.38. The molecule has 0 atom stereocenters. The van der Waals surface area contributed by atoms with Crippen LogP contribution in [0.15, 0.2) is 21.6 Å². The standard InChI is InChI=1S/C12H16N2O2S/c1-9-6-17-7-10(9)12-11(14-8-16-12)5-13-3-4-15-2/h6-8,13H,3-5H2,1-2H3. The lowest BCUT2D eigenvalue weighted by Crippen LogP contribution is -2.19. The van der Waals surface area contributed by atoms with Crippen molar-refractivity contribution < 1.29 is 9.15 Å². The first kappa shape index (κ1) is 12.3. The van der Waals surface area contributed by atoms with Crippen LogP contribution in [0, 0.1) is 6.92 Å². The molecule has 0 bridgehead atoms. The molecule has 2 aromatic rings. The van der Waals surface area contributed by atoms with E-state index in [1.165, 1.54) is 12.0 Å². The van der Waals surface area contributed by atoms with E-state index in [9.17, 15) is 0 Å². The molecule has 0 aliphatic carbocycles. The Morgan fingerprint density at radius 1 is 1.47 bits per heavy atom. The fourth-order valence-electron chi connectivity index (χ4n) is 1.59. The lowest BCUT2D eigenvalue weighted by atomic mass is 10.1. The molecule has 92 valence electrons. The Morgan fingerprint density at radius 3 is 3.06 bits per heavy atom. The predicted molar refractivity (Wildman–Crippen MR) is 68.1 cm³/mol. The summed E-state index contributed by atoms with van der Waals surface area (Å²) < 4.78 is 10.4. The first-order valence-electron chi connectivity index (χ1n) is 5.48. The molecule has 0 unspecified atom stereocenters. The summed E-state index contributed by atoms with van der Waals surface area (Å²) in [6.07, 6.45) is 1.50. The summed E-state index contributed by atoms with van der Waals surface area (Å²) in [7, 11) is 1.69. The smallest absolute Gasteiger partial charge is 0.181 e. The van der Waals surface area contributed by atoms with Gasteiger partial charge >= 0.3 is 0 Å². The maximum atomic E-state index is 5.47. The Morgan fingerprint density at radius 2 is 2.35 bits per heavy atom. The molecule has 0 fully saturated rings. The molecular formula is C12H16N2O2S. The molecule has 0 aliphatic rings. The van der Waals surface area contributed by atoms with E-state index in [-0.39, 0.29) is 0 Å². The number of ether oxygens (including phenoxy) is 1. The lowest BCUT2D eigenvalue weighted by molar-refractivity contribution is 0.199. The Hall–Kier alpha value is -1.17. The van der Waals surface area contributed by atoms with E-state index in [0.717, 1.165) is 23.6 Å². The van der Waals surface area contributed by atoms with Gasteiger partial charge in [0.2, 0.25) is 0 Å². The molecule has 2 heterocycles. The zero-order valence-corrected chi connectivity index (χ0v) is 10.8. The van der Waals surface area contributed by atoms with Gasteiger partial charge in [0.15, 0.2) is 12.2 Å². The van der Waals surface area contributed by atoms with Crippen molar-refractivity contribution in [3.63, 3.8) is 0 Å². The number of aromatic nitrogens is 1. The number of thiophene rings is 1. The molecule has 4 nitrogen and oxygen atoms in total. The quantitative estimate of drug-likeness (QED) is 0.802. The molecule has 0 aromatic carbocycles. The molecule has 17 heavy (non-hydrogen) atoms. The third kappa shape index (κ3) is 2.94. The molecule has 0 saturated carbocycles. The van der Waals surface area contributed by atoms with Crippen molar-refractivity contribution in [1.29, 1.82) is 0 Å². The minimum absolute atomic E-state index is 0.699. The number of rotatable bonds is 6. The second-order valence-electron chi connectivity index (χ2n) is 3.77. The topological polar surface area (TPSA) is 47.3 Å². The largest absolute Gasteiger partial charge is 0.443 e. The van der Waals surface area contributed by atoms with Crippen LogP contribution in [0.2, 0.25) is 0 Å². The summed E-state index contributed by atoms with van der Waals surface area (Å²) in [5.41, 5.74) is 3.31. The molecule has 0 spiro atoms. The number of nitrogens with zero attached hydrogens (tertiary/aromatic N) is 1. The molecule has 2 rings (SSSR count). The molecule has 0 aliphatic heterocycles. The van der Waals surface area contributed by atoms with Crippen molar-refractivity contribution in [1.82, 2.24) is 10.3 Å². The van der Waals surface area contributed by atoms with E-state index in [2.05, 4.69) is 28.0 Å². The normalized spacial score (nSPS) is 10.9. The van der Waals surface area contributed by atoms with Crippen molar-refractivity contribution in [2.45, 2.75) is 13.5 Å². The van der Waals surface area contributed by atoms with E-state index in [0.29, 0.717) is 13.2 Å². The number of methoxy groups -OCH3 is 1. The van der Waals surface area contributed by atoms with E-state index in [4.69, 9.17) is 9.15 Å². The fraction of sp³-hybridized carbons (Fsp3) is 0.417. The average Bonchev–Trinajstić information content (AvgIpc) is 2.93. The lowest BCUT2D eigenvalue weighted by Gasteiger charge is -2.03. The van der Waals surface area contributed by atoms with Gasteiger partial charge in [-0.3, -0.25) is 0 Å². The number of hydrogen-bond donors (Lipinski definition) is 1. The Labute approximate surface area is 105 Å². The summed E-state index contributed by atoms with van der Waals surface area (Å²) in [4.78, 5) is 4.25. The molecule has 0 saturated heterocycles. The Balaban J connectivity index is 2.05. The highest BCUT2D eigenvalue weighted by molar-refractivity contribution is 7.08. The van der Waals surface area contributed by atoms with Crippen LogP contribution < -0.4 is 5.32 Å². The number of nitrogens with one attached hydrogen (secondary N) is 1. The zero-order chi connectivity index (χ0) is 12.1. The molecule has 0 radical (unpaired) electrons. The van der Waals surface area contributed by atoms with E-state index in [1.54, 1.807) is 18.4 Å². The number of aryl methyl sites for hydroxylation is 1. The minimum atomic E-state index is 0.699. The highest BCUT2D eigenvalue weighted by Crippen LogP contribution is 2.29. The summed E-state index contributed by atoms with van der Waals surface area (Å²) in [5, 5.41) is 7.47. The third-order valence-electron chi connectivity index (χ3n) is 2.52. The predicted octanol–water partition coefficient (Wildman–Crippen LogP) is 2.45. The van der Waals surface area contributed by atoms with Crippen LogP contribution in [0.25, 0.3) is 11.3 Å².